The van der Waals surface area contributed by atoms with Crippen molar-refractivity contribution in [1.29, 1.82) is 0 Å². The molecule has 0 spiro atoms. The van der Waals surface area contributed by atoms with Crippen LogP contribution in [0.1, 0.15) is 11.1 Å². The van der Waals surface area contributed by atoms with Gasteiger partial charge in [0.1, 0.15) is 11.3 Å². The number of nitrogens with zero attached hydrogens (tertiary/aromatic N) is 2. The van der Waals surface area contributed by atoms with Crippen molar-refractivity contribution in [3.05, 3.63) is 127 Å². The van der Waals surface area contributed by atoms with Gasteiger partial charge in [0.25, 0.3) is 0 Å². The zero-order chi connectivity index (χ0) is 23.6. The molecule has 0 amide bonds. The molecule has 6 aromatic rings. The van der Waals surface area contributed by atoms with Crippen molar-refractivity contribution >= 4 is 11.1 Å². The first-order valence-corrected chi connectivity index (χ1v) is 11.5. The molecule has 2 heterocycles. The lowest BCUT2D eigenvalue weighted by molar-refractivity contribution is 0.474. The van der Waals surface area contributed by atoms with Crippen LogP contribution in [0.25, 0.3) is 44.9 Å². The fourth-order valence-corrected chi connectivity index (χ4v) is 4.43. The smallest absolute Gasteiger partial charge is 0.231 e. The van der Waals surface area contributed by atoms with Gasteiger partial charge in [-0.15, -0.1) is 0 Å². The Bertz CT molecular complexity index is 1620. The van der Waals surface area contributed by atoms with Crippen molar-refractivity contribution in [2.45, 2.75) is 6.42 Å². The van der Waals surface area contributed by atoms with E-state index in [2.05, 4.69) is 53.5 Å². The van der Waals surface area contributed by atoms with E-state index in [1.165, 1.54) is 11.1 Å². The van der Waals surface area contributed by atoms with Gasteiger partial charge in [0.15, 0.2) is 5.58 Å². The molecule has 0 saturated carbocycles. The fraction of sp³-hybridized carbons (Fsp3) is 0.0323. The second-order valence-electron chi connectivity index (χ2n) is 8.44. The van der Waals surface area contributed by atoms with Crippen molar-refractivity contribution in [2.24, 2.45) is 0 Å². The average Bonchev–Trinajstić information content (AvgIpc) is 3.35. The van der Waals surface area contributed by atoms with Gasteiger partial charge in [0.05, 0.1) is 11.3 Å². The van der Waals surface area contributed by atoms with Gasteiger partial charge in [-0.1, -0.05) is 72.8 Å². The van der Waals surface area contributed by atoms with Gasteiger partial charge in [-0.25, -0.2) is 4.98 Å². The first-order chi connectivity index (χ1) is 17.3. The fourth-order valence-electron chi connectivity index (χ4n) is 4.43. The Balaban J connectivity index is 1.54. The molecule has 35 heavy (non-hydrogen) atoms. The third kappa shape index (κ3) is 4.06. The van der Waals surface area contributed by atoms with Gasteiger partial charge >= 0.3 is 0 Å². The van der Waals surface area contributed by atoms with E-state index in [1.54, 1.807) is 12.1 Å². The summed E-state index contributed by atoms with van der Waals surface area (Å²) in [4.78, 5) is 9.38. The zero-order valence-corrected chi connectivity index (χ0v) is 18.9. The maximum Gasteiger partial charge on any atom is 0.231 e. The molecule has 0 aliphatic heterocycles. The maximum atomic E-state index is 10.3. The normalized spacial score (nSPS) is 11.1. The standard InChI is InChI=1S/C31H22N2O2/c34-28-14-5-4-11-25(28)31-33-30-24(12-8-15-29(30)35-31)26-20-23(27-13-6-7-18-32-27)17-16-22(26)19-21-9-2-1-3-10-21/h1-18,20,34H,19H2. The van der Waals surface area contributed by atoms with Crippen LogP contribution in [0.2, 0.25) is 0 Å². The zero-order valence-electron chi connectivity index (χ0n) is 18.9. The van der Waals surface area contributed by atoms with Crippen LogP contribution >= 0.6 is 0 Å². The molecular formula is C31H22N2O2. The number of aromatic hydroxyl groups is 1. The van der Waals surface area contributed by atoms with Crippen molar-refractivity contribution in [2.75, 3.05) is 0 Å². The largest absolute Gasteiger partial charge is 0.507 e. The van der Waals surface area contributed by atoms with E-state index in [1.807, 2.05) is 54.7 Å². The SMILES string of the molecule is Oc1ccccc1-c1nc2c(-c3cc(-c4ccccn4)ccc3Cc3ccccc3)cccc2o1. The summed E-state index contributed by atoms with van der Waals surface area (Å²) in [6.07, 6.45) is 2.60. The predicted molar refractivity (Wildman–Crippen MR) is 139 cm³/mol. The number of fused-ring (bicyclic) bond motifs is 1. The Labute approximate surface area is 203 Å². The molecule has 168 valence electrons. The number of rotatable bonds is 5. The van der Waals surface area contributed by atoms with Crippen molar-refractivity contribution < 1.29 is 9.52 Å². The van der Waals surface area contributed by atoms with E-state index in [-0.39, 0.29) is 5.75 Å². The van der Waals surface area contributed by atoms with E-state index in [0.29, 0.717) is 17.0 Å². The highest BCUT2D eigenvalue weighted by Gasteiger charge is 2.17. The number of phenols is 1. The Hall–Kier alpha value is -4.70. The molecule has 0 atom stereocenters. The van der Waals surface area contributed by atoms with Crippen molar-refractivity contribution in [1.82, 2.24) is 9.97 Å². The second kappa shape index (κ2) is 8.92. The van der Waals surface area contributed by atoms with Gasteiger partial charge in [0.2, 0.25) is 5.89 Å². The third-order valence-electron chi connectivity index (χ3n) is 6.15. The summed E-state index contributed by atoms with van der Waals surface area (Å²) >= 11 is 0. The van der Waals surface area contributed by atoms with Crippen LogP contribution in [0, 0.1) is 0 Å². The third-order valence-corrected chi connectivity index (χ3v) is 6.15. The summed E-state index contributed by atoms with van der Waals surface area (Å²) in [6, 6.07) is 35.9. The summed E-state index contributed by atoms with van der Waals surface area (Å²) in [5.41, 5.74) is 8.46. The van der Waals surface area contributed by atoms with E-state index in [4.69, 9.17) is 9.40 Å². The molecule has 4 heteroatoms. The monoisotopic (exact) mass is 454 g/mol. The van der Waals surface area contributed by atoms with Gasteiger partial charge < -0.3 is 9.52 Å². The first-order valence-electron chi connectivity index (χ1n) is 11.5. The van der Waals surface area contributed by atoms with Gasteiger partial charge in [-0.3, -0.25) is 4.98 Å². The number of phenolic OH excluding ortho intramolecular Hbond substituents is 1. The molecule has 4 aromatic carbocycles. The first kappa shape index (κ1) is 20.9. The molecule has 6 rings (SSSR count). The summed E-state index contributed by atoms with van der Waals surface area (Å²) in [7, 11) is 0. The molecule has 4 nitrogen and oxygen atoms in total. The number of hydrogen-bond acceptors (Lipinski definition) is 4. The van der Waals surface area contributed by atoms with Crippen molar-refractivity contribution in [3.63, 3.8) is 0 Å². The highest BCUT2D eigenvalue weighted by molar-refractivity contribution is 5.94. The molecule has 0 aliphatic carbocycles. The Morgan fingerprint density at radius 2 is 1.49 bits per heavy atom. The molecule has 2 aromatic heterocycles. The minimum atomic E-state index is 0.141. The van der Waals surface area contributed by atoms with Gasteiger partial charge in [-0.05, 0) is 59.5 Å². The molecule has 1 N–H and O–H groups in total. The van der Waals surface area contributed by atoms with Crippen molar-refractivity contribution in [3.8, 4) is 39.6 Å². The lowest BCUT2D eigenvalue weighted by atomic mass is 9.92. The summed E-state index contributed by atoms with van der Waals surface area (Å²) < 4.78 is 6.09. The van der Waals surface area contributed by atoms with Crippen LogP contribution in [0.4, 0.5) is 0 Å². The van der Waals surface area contributed by atoms with Crippen LogP contribution in [0.3, 0.4) is 0 Å². The summed E-state index contributed by atoms with van der Waals surface area (Å²) in [5.74, 6) is 0.540. The van der Waals surface area contributed by atoms with Gasteiger partial charge in [-0.2, -0.15) is 0 Å². The lowest BCUT2D eigenvalue weighted by Crippen LogP contribution is -1.95. The Kier molecular flexibility index (Phi) is 5.32. The van der Waals surface area contributed by atoms with Crippen LogP contribution in [0.15, 0.2) is 120 Å². The topological polar surface area (TPSA) is 59.2 Å². The summed E-state index contributed by atoms with van der Waals surface area (Å²) in [5, 5.41) is 10.3. The van der Waals surface area contributed by atoms with Crippen LogP contribution in [-0.4, -0.2) is 15.1 Å². The van der Waals surface area contributed by atoms with Gasteiger partial charge in [0, 0.05) is 17.3 Å². The van der Waals surface area contributed by atoms with E-state index < -0.39 is 0 Å². The Morgan fingerprint density at radius 3 is 2.31 bits per heavy atom. The molecule has 0 fully saturated rings. The van der Waals surface area contributed by atoms with Crippen LogP contribution in [-0.2, 0) is 6.42 Å². The van der Waals surface area contributed by atoms with E-state index >= 15 is 0 Å². The highest BCUT2D eigenvalue weighted by Crippen LogP contribution is 2.37. The molecule has 0 saturated heterocycles. The highest BCUT2D eigenvalue weighted by atomic mass is 16.3. The number of benzene rings is 4. The van der Waals surface area contributed by atoms with Crippen LogP contribution in [0.5, 0.6) is 5.75 Å². The number of pyridine rings is 1. The summed E-state index contributed by atoms with van der Waals surface area (Å²) in [6.45, 7) is 0. The quantitative estimate of drug-likeness (QED) is 0.293. The molecular weight excluding hydrogens is 432 g/mol. The maximum absolute atomic E-state index is 10.3. The molecule has 0 unspecified atom stereocenters. The molecule has 0 aliphatic rings. The predicted octanol–water partition coefficient (Wildman–Crippen LogP) is 7.52. The minimum absolute atomic E-state index is 0.141. The number of hydrogen-bond donors (Lipinski definition) is 1. The average molecular weight is 455 g/mol. The Morgan fingerprint density at radius 1 is 0.686 bits per heavy atom. The number of aromatic nitrogens is 2. The molecule has 0 bridgehead atoms. The molecule has 0 radical (unpaired) electrons. The number of oxazole rings is 1. The lowest BCUT2D eigenvalue weighted by Gasteiger charge is -2.13. The number of para-hydroxylation sites is 2. The van der Waals surface area contributed by atoms with E-state index in [0.717, 1.165) is 34.3 Å². The van der Waals surface area contributed by atoms with E-state index in [9.17, 15) is 5.11 Å². The van der Waals surface area contributed by atoms with Crippen LogP contribution < -0.4 is 0 Å². The minimum Gasteiger partial charge on any atom is -0.507 e. The second-order valence-corrected chi connectivity index (χ2v) is 8.44.